The summed E-state index contributed by atoms with van der Waals surface area (Å²) >= 11 is 7.06. The van der Waals surface area contributed by atoms with Crippen LogP contribution < -0.4 is 10.1 Å². The third kappa shape index (κ3) is 3.92. The maximum Gasteiger partial charge on any atom is 0.288 e. The van der Waals surface area contributed by atoms with E-state index in [0.29, 0.717) is 11.7 Å². The van der Waals surface area contributed by atoms with Crippen molar-refractivity contribution in [3.8, 4) is 5.75 Å². The Hall–Kier alpha value is -2.71. The van der Waals surface area contributed by atoms with Gasteiger partial charge in [0.05, 0.1) is 21.7 Å². The van der Waals surface area contributed by atoms with Crippen molar-refractivity contribution < 1.29 is 14.5 Å². The smallest absolute Gasteiger partial charge is 0.288 e. The van der Waals surface area contributed by atoms with Gasteiger partial charge < -0.3 is 4.74 Å². The number of thiazole rings is 1. The summed E-state index contributed by atoms with van der Waals surface area (Å²) in [5.41, 5.74) is 0.546. The molecule has 0 atom stereocenters. The molecule has 26 heavy (non-hydrogen) atoms. The maximum atomic E-state index is 12.4. The van der Waals surface area contributed by atoms with Gasteiger partial charge in [-0.05, 0) is 36.8 Å². The predicted octanol–water partition coefficient (Wildman–Crippen LogP) is 4.90. The highest BCUT2D eigenvalue weighted by Gasteiger charge is 2.17. The highest BCUT2D eigenvalue weighted by molar-refractivity contribution is 7.22. The molecule has 9 heteroatoms. The van der Waals surface area contributed by atoms with E-state index in [0.717, 1.165) is 28.5 Å². The molecule has 7 nitrogen and oxygen atoms in total. The molecule has 3 rings (SSSR count). The SMILES string of the molecule is CCCOc1ccc2nc(NC(=O)c3ccc(Cl)c([N+](=O)[O-])c3)sc2c1. The number of amides is 1. The second-order valence-corrected chi connectivity index (χ2v) is 6.81. The third-order valence-corrected chi connectivity index (χ3v) is 4.71. The summed E-state index contributed by atoms with van der Waals surface area (Å²) in [6, 6.07) is 9.40. The molecule has 1 heterocycles. The van der Waals surface area contributed by atoms with Crippen molar-refractivity contribution in [2.75, 3.05) is 11.9 Å². The minimum Gasteiger partial charge on any atom is -0.494 e. The number of hydrogen-bond donors (Lipinski definition) is 1. The number of carbonyl (C=O) groups is 1. The van der Waals surface area contributed by atoms with Crippen LogP contribution in [0.5, 0.6) is 5.75 Å². The van der Waals surface area contributed by atoms with Gasteiger partial charge in [0.2, 0.25) is 0 Å². The lowest BCUT2D eigenvalue weighted by Crippen LogP contribution is -2.11. The number of nitrogens with one attached hydrogen (secondary N) is 1. The van der Waals surface area contributed by atoms with E-state index in [1.807, 2.05) is 25.1 Å². The standard InChI is InChI=1S/C17H14ClN3O4S/c1-2-7-25-11-4-6-13-15(9-11)26-17(19-13)20-16(22)10-3-5-12(18)14(8-10)21(23)24/h3-6,8-9H,2,7H2,1H3,(H,19,20,22). The largest absolute Gasteiger partial charge is 0.494 e. The van der Waals surface area contributed by atoms with E-state index in [9.17, 15) is 14.9 Å². The molecule has 0 saturated carbocycles. The molecule has 1 N–H and O–H groups in total. The summed E-state index contributed by atoms with van der Waals surface area (Å²) in [5.74, 6) is 0.250. The fourth-order valence-electron chi connectivity index (χ4n) is 2.23. The first-order chi connectivity index (χ1) is 12.5. The summed E-state index contributed by atoms with van der Waals surface area (Å²) in [4.78, 5) is 27.0. The number of nitrogens with zero attached hydrogens (tertiary/aromatic N) is 2. The van der Waals surface area contributed by atoms with Gasteiger partial charge in [0, 0.05) is 11.6 Å². The van der Waals surface area contributed by atoms with Gasteiger partial charge in [0.25, 0.3) is 11.6 Å². The number of fused-ring (bicyclic) bond motifs is 1. The Morgan fingerprint density at radius 1 is 1.35 bits per heavy atom. The van der Waals surface area contributed by atoms with E-state index >= 15 is 0 Å². The average molecular weight is 392 g/mol. The van der Waals surface area contributed by atoms with Crippen LogP contribution in [0.4, 0.5) is 10.8 Å². The van der Waals surface area contributed by atoms with Crippen LogP contribution in [0.15, 0.2) is 36.4 Å². The molecule has 0 aliphatic carbocycles. The van der Waals surface area contributed by atoms with Crippen LogP contribution in [0.2, 0.25) is 5.02 Å². The van der Waals surface area contributed by atoms with Crippen LogP contribution in [-0.2, 0) is 0 Å². The first-order valence-corrected chi connectivity index (χ1v) is 8.96. The number of nitro groups is 1. The molecule has 1 aromatic heterocycles. The van der Waals surface area contributed by atoms with Crippen molar-refractivity contribution in [1.82, 2.24) is 4.98 Å². The van der Waals surface area contributed by atoms with E-state index in [4.69, 9.17) is 16.3 Å². The van der Waals surface area contributed by atoms with Crippen molar-refractivity contribution in [3.05, 3.63) is 57.1 Å². The fourth-order valence-corrected chi connectivity index (χ4v) is 3.31. The lowest BCUT2D eigenvalue weighted by molar-refractivity contribution is -0.384. The highest BCUT2D eigenvalue weighted by Crippen LogP contribution is 2.30. The van der Waals surface area contributed by atoms with Crippen LogP contribution in [-0.4, -0.2) is 22.4 Å². The Morgan fingerprint density at radius 2 is 2.15 bits per heavy atom. The second kappa shape index (κ2) is 7.67. The third-order valence-electron chi connectivity index (χ3n) is 3.46. The fraction of sp³-hybridized carbons (Fsp3) is 0.176. The number of benzene rings is 2. The Labute approximate surface area is 157 Å². The lowest BCUT2D eigenvalue weighted by atomic mass is 10.2. The van der Waals surface area contributed by atoms with Crippen LogP contribution in [0.3, 0.4) is 0 Å². The minimum absolute atomic E-state index is 0.0221. The van der Waals surface area contributed by atoms with Gasteiger partial charge in [0.1, 0.15) is 10.8 Å². The van der Waals surface area contributed by atoms with Gasteiger partial charge in [-0.2, -0.15) is 0 Å². The first-order valence-electron chi connectivity index (χ1n) is 7.76. The minimum atomic E-state index is -0.630. The molecule has 0 saturated heterocycles. The molecule has 0 radical (unpaired) electrons. The molecule has 0 aliphatic rings. The zero-order valence-electron chi connectivity index (χ0n) is 13.7. The number of ether oxygens (including phenoxy) is 1. The number of rotatable bonds is 6. The zero-order chi connectivity index (χ0) is 18.7. The van der Waals surface area contributed by atoms with Gasteiger partial charge >= 0.3 is 0 Å². The van der Waals surface area contributed by atoms with Crippen LogP contribution in [0, 0.1) is 10.1 Å². The van der Waals surface area contributed by atoms with Gasteiger partial charge in [-0.3, -0.25) is 20.2 Å². The predicted molar refractivity (Wildman–Crippen MR) is 101 cm³/mol. The van der Waals surface area contributed by atoms with Gasteiger partial charge in [0.15, 0.2) is 5.13 Å². The van der Waals surface area contributed by atoms with Gasteiger partial charge in [-0.25, -0.2) is 4.98 Å². The van der Waals surface area contributed by atoms with E-state index in [1.54, 1.807) is 0 Å². The number of halogens is 1. The first kappa shape index (κ1) is 18.1. The summed E-state index contributed by atoms with van der Waals surface area (Å²) < 4.78 is 6.46. The number of hydrogen-bond acceptors (Lipinski definition) is 6. The second-order valence-electron chi connectivity index (χ2n) is 5.37. The summed E-state index contributed by atoms with van der Waals surface area (Å²) in [7, 11) is 0. The number of carbonyl (C=O) groups excluding carboxylic acids is 1. The molecular weight excluding hydrogens is 378 g/mol. The van der Waals surface area contributed by atoms with Crippen LogP contribution >= 0.6 is 22.9 Å². The molecule has 0 spiro atoms. The highest BCUT2D eigenvalue weighted by atomic mass is 35.5. The van der Waals surface area contributed by atoms with Crippen molar-refractivity contribution in [2.24, 2.45) is 0 Å². The number of nitro benzene ring substituents is 1. The van der Waals surface area contributed by atoms with E-state index in [2.05, 4.69) is 10.3 Å². The van der Waals surface area contributed by atoms with Crippen molar-refractivity contribution >= 4 is 49.9 Å². The number of anilines is 1. The average Bonchev–Trinajstić information content (AvgIpc) is 3.01. The van der Waals surface area contributed by atoms with Gasteiger partial charge in [-0.15, -0.1) is 0 Å². The Balaban J connectivity index is 1.81. The molecule has 0 bridgehead atoms. The Morgan fingerprint density at radius 3 is 2.88 bits per heavy atom. The molecular formula is C17H14ClN3O4S. The van der Waals surface area contributed by atoms with E-state index in [-0.39, 0.29) is 16.3 Å². The molecule has 2 aromatic carbocycles. The van der Waals surface area contributed by atoms with Crippen molar-refractivity contribution in [1.29, 1.82) is 0 Å². The van der Waals surface area contributed by atoms with Crippen molar-refractivity contribution in [2.45, 2.75) is 13.3 Å². The van der Waals surface area contributed by atoms with Crippen LogP contribution in [0.1, 0.15) is 23.7 Å². The normalized spacial score (nSPS) is 10.7. The Bertz CT molecular complexity index is 989. The van der Waals surface area contributed by atoms with Crippen molar-refractivity contribution in [3.63, 3.8) is 0 Å². The summed E-state index contributed by atoms with van der Waals surface area (Å²) in [6.07, 6.45) is 0.912. The quantitative estimate of drug-likeness (QED) is 0.476. The molecule has 1 amide bonds. The molecule has 3 aromatic rings. The molecule has 0 fully saturated rings. The maximum absolute atomic E-state index is 12.4. The summed E-state index contributed by atoms with van der Waals surface area (Å²) in [5, 5.41) is 14.0. The molecule has 0 unspecified atom stereocenters. The molecule has 134 valence electrons. The Kier molecular flexibility index (Phi) is 5.34. The molecule has 0 aliphatic heterocycles. The topological polar surface area (TPSA) is 94.4 Å². The van der Waals surface area contributed by atoms with E-state index < -0.39 is 10.8 Å². The van der Waals surface area contributed by atoms with Crippen LogP contribution in [0.25, 0.3) is 10.2 Å². The monoisotopic (exact) mass is 391 g/mol. The zero-order valence-corrected chi connectivity index (χ0v) is 15.3. The van der Waals surface area contributed by atoms with Gasteiger partial charge in [-0.1, -0.05) is 29.9 Å². The summed E-state index contributed by atoms with van der Waals surface area (Å²) in [6.45, 7) is 2.66. The van der Waals surface area contributed by atoms with E-state index in [1.165, 1.54) is 23.5 Å². The lowest BCUT2D eigenvalue weighted by Gasteiger charge is -2.02. The number of aromatic nitrogens is 1.